The van der Waals surface area contributed by atoms with Crippen LogP contribution in [0.3, 0.4) is 0 Å². The molecule has 0 saturated carbocycles. The van der Waals surface area contributed by atoms with Gasteiger partial charge in [0.05, 0.1) is 6.10 Å². The van der Waals surface area contributed by atoms with Crippen LogP contribution in [-0.2, 0) is 6.54 Å². The molecule has 1 rings (SSSR count). The first-order valence-electron chi connectivity index (χ1n) is 4.63. The van der Waals surface area contributed by atoms with Gasteiger partial charge in [0.1, 0.15) is 0 Å². The first-order valence-corrected chi connectivity index (χ1v) is 4.63. The zero-order valence-corrected chi connectivity index (χ0v) is 8.25. The summed E-state index contributed by atoms with van der Waals surface area (Å²) in [6.45, 7) is 5.34. The Hall–Kier alpha value is -0.860. The SMILES string of the molecule is Cc1cccc(CNCC(C)O)c1. The van der Waals surface area contributed by atoms with E-state index in [0.717, 1.165) is 6.54 Å². The molecule has 72 valence electrons. The first-order chi connectivity index (χ1) is 6.18. The summed E-state index contributed by atoms with van der Waals surface area (Å²) in [4.78, 5) is 0. The molecule has 1 unspecified atom stereocenters. The highest BCUT2D eigenvalue weighted by molar-refractivity contribution is 5.21. The van der Waals surface area contributed by atoms with Gasteiger partial charge in [0.2, 0.25) is 0 Å². The number of rotatable bonds is 4. The average Bonchev–Trinajstić information content (AvgIpc) is 2.03. The van der Waals surface area contributed by atoms with Gasteiger partial charge in [-0.15, -0.1) is 0 Å². The lowest BCUT2D eigenvalue weighted by atomic mass is 10.1. The number of benzene rings is 1. The molecule has 1 atom stereocenters. The van der Waals surface area contributed by atoms with Gasteiger partial charge in [0.15, 0.2) is 0 Å². The zero-order chi connectivity index (χ0) is 9.68. The Morgan fingerprint density at radius 3 is 2.85 bits per heavy atom. The van der Waals surface area contributed by atoms with Gasteiger partial charge in [-0.05, 0) is 19.4 Å². The second-order valence-corrected chi connectivity index (χ2v) is 3.47. The molecule has 2 N–H and O–H groups in total. The minimum atomic E-state index is -0.273. The van der Waals surface area contributed by atoms with E-state index in [9.17, 15) is 0 Å². The smallest absolute Gasteiger partial charge is 0.0636 e. The third-order valence-electron chi connectivity index (χ3n) is 1.85. The third-order valence-corrected chi connectivity index (χ3v) is 1.85. The number of aliphatic hydroxyl groups is 1. The van der Waals surface area contributed by atoms with Crippen LogP contribution >= 0.6 is 0 Å². The molecule has 0 radical (unpaired) electrons. The van der Waals surface area contributed by atoms with Crippen LogP contribution in [0.1, 0.15) is 18.1 Å². The summed E-state index contributed by atoms with van der Waals surface area (Å²) in [5.41, 5.74) is 2.54. The summed E-state index contributed by atoms with van der Waals surface area (Å²) in [6.07, 6.45) is -0.273. The Labute approximate surface area is 79.6 Å². The highest BCUT2D eigenvalue weighted by atomic mass is 16.3. The van der Waals surface area contributed by atoms with E-state index in [1.165, 1.54) is 11.1 Å². The van der Waals surface area contributed by atoms with Crippen LogP contribution in [0, 0.1) is 6.92 Å². The predicted molar refractivity (Wildman–Crippen MR) is 54.6 cm³/mol. The number of hydrogen-bond acceptors (Lipinski definition) is 2. The Kier molecular flexibility index (Phi) is 3.93. The Balaban J connectivity index is 2.37. The molecule has 2 nitrogen and oxygen atoms in total. The van der Waals surface area contributed by atoms with E-state index in [2.05, 4.69) is 36.5 Å². The fourth-order valence-electron chi connectivity index (χ4n) is 1.25. The van der Waals surface area contributed by atoms with Gasteiger partial charge in [-0.1, -0.05) is 29.8 Å². The van der Waals surface area contributed by atoms with Crippen molar-refractivity contribution in [3.8, 4) is 0 Å². The molecule has 0 amide bonds. The molecule has 1 aromatic carbocycles. The molecule has 0 bridgehead atoms. The van der Waals surface area contributed by atoms with Crippen molar-refractivity contribution in [1.82, 2.24) is 5.32 Å². The van der Waals surface area contributed by atoms with Crippen molar-refractivity contribution in [2.75, 3.05) is 6.54 Å². The van der Waals surface area contributed by atoms with E-state index < -0.39 is 0 Å². The van der Waals surface area contributed by atoms with Crippen LogP contribution in [0.5, 0.6) is 0 Å². The van der Waals surface area contributed by atoms with Crippen molar-refractivity contribution in [2.24, 2.45) is 0 Å². The van der Waals surface area contributed by atoms with E-state index in [0.29, 0.717) is 6.54 Å². The summed E-state index contributed by atoms with van der Waals surface area (Å²) in [7, 11) is 0. The zero-order valence-electron chi connectivity index (χ0n) is 8.25. The Morgan fingerprint density at radius 1 is 1.46 bits per heavy atom. The maximum Gasteiger partial charge on any atom is 0.0636 e. The molecule has 1 aromatic rings. The van der Waals surface area contributed by atoms with Crippen LogP contribution in [0.2, 0.25) is 0 Å². The van der Waals surface area contributed by atoms with Gasteiger partial charge in [-0.25, -0.2) is 0 Å². The van der Waals surface area contributed by atoms with Gasteiger partial charge in [0, 0.05) is 13.1 Å². The quantitative estimate of drug-likeness (QED) is 0.733. The highest BCUT2D eigenvalue weighted by Crippen LogP contribution is 2.02. The Morgan fingerprint density at radius 2 is 2.23 bits per heavy atom. The average molecular weight is 179 g/mol. The lowest BCUT2D eigenvalue weighted by molar-refractivity contribution is 0.191. The molecule has 2 heteroatoms. The van der Waals surface area contributed by atoms with Crippen molar-refractivity contribution >= 4 is 0 Å². The third kappa shape index (κ3) is 4.06. The van der Waals surface area contributed by atoms with E-state index in [-0.39, 0.29) is 6.10 Å². The highest BCUT2D eigenvalue weighted by Gasteiger charge is 1.95. The van der Waals surface area contributed by atoms with Crippen molar-refractivity contribution in [1.29, 1.82) is 0 Å². The van der Waals surface area contributed by atoms with Crippen LogP contribution in [0.15, 0.2) is 24.3 Å². The lowest BCUT2D eigenvalue weighted by Crippen LogP contribution is -2.23. The van der Waals surface area contributed by atoms with Crippen LogP contribution in [-0.4, -0.2) is 17.8 Å². The maximum absolute atomic E-state index is 9.02. The molecule has 0 saturated heterocycles. The van der Waals surface area contributed by atoms with Gasteiger partial charge >= 0.3 is 0 Å². The molecule has 0 spiro atoms. The molecule has 0 aliphatic heterocycles. The number of aliphatic hydroxyl groups excluding tert-OH is 1. The minimum absolute atomic E-state index is 0.273. The molecule has 0 aliphatic carbocycles. The van der Waals surface area contributed by atoms with Gasteiger partial charge < -0.3 is 10.4 Å². The van der Waals surface area contributed by atoms with Crippen LogP contribution in [0.4, 0.5) is 0 Å². The fraction of sp³-hybridized carbons (Fsp3) is 0.455. The summed E-state index contributed by atoms with van der Waals surface area (Å²) >= 11 is 0. The molecule has 0 heterocycles. The standard InChI is InChI=1S/C11H17NO/c1-9-4-3-5-11(6-9)8-12-7-10(2)13/h3-6,10,12-13H,7-8H2,1-2H3. The molecule has 13 heavy (non-hydrogen) atoms. The molecule has 0 fully saturated rings. The van der Waals surface area contributed by atoms with Crippen molar-refractivity contribution in [2.45, 2.75) is 26.5 Å². The van der Waals surface area contributed by atoms with E-state index in [1.807, 2.05) is 0 Å². The summed E-state index contributed by atoms with van der Waals surface area (Å²) in [5.74, 6) is 0. The number of aryl methyl sites for hydroxylation is 1. The van der Waals surface area contributed by atoms with E-state index >= 15 is 0 Å². The lowest BCUT2D eigenvalue weighted by Gasteiger charge is -2.07. The molecular formula is C11H17NO. The van der Waals surface area contributed by atoms with Crippen molar-refractivity contribution < 1.29 is 5.11 Å². The second-order valence-electron chi connectivity index (χ2n) is 3.47. The monoisotopic (exact) mass is 179 g/mol. The fourth-order valence-corrected chi connectivity index (χ4v) is 1.25. The minimum Gasteiger partial charge on any atom is -0.392 e. The second kappa shape index (κ2) is 5.00. The molecule has 0 aliphatic rings. The first kappa shape index (κ1) is 10.2. The van der Waals surface area contributed by atoms with Crippen LogP contribution < -0.4 is 5.32 Å². The topological polar surface area (TPSA) is 32.3 Å². The van der Waals surface area contributed by atoms with E-state index in [1.54, 1.807) is 6.92 Å². The number of nitrogens with one attached hydrogen (secondary N) is 1. The summed E-state index contributed by atoms with van der Waals surface area (Å²) < 4.78 is 0. The predicted octanol–water partition coefficient (Wildman–Crippen LogP) is 1.47. The number of hydrogen-bond donors (Lipinski definition) is 2. The van der Waals surface area contributed by atoms with Gasteiger partial charge in [-0.3, -0.25) is 0 Å². The molecular weight excluding hydrogens is 162 g/mol. The van der Waals surface area contributed by atoms with Crippen molar-refractivity contribution in [3.05, 3.63) is 35.4 Å². The molecule has 0 aromatic heterocycles. The normalized spacial score (nSPS) is 12.8. The summed E-state index contributed by atoms with van der Waals surface area (Å²) in [5, 5.41) is 12.2. The Bertz CT molecular complexity index is 258. The largest absolute Gasteiger partial charge is 0.392 e. The van der Waals surface area contributed by atoms with Gasteiger partial charge in [0.25, 0.3) is 0 Å². The van der Waals surface area contributed by atoms with E-state index in [4.69, 9.17) is 5.11 Å². The summed E-state index contributed by atoms with van der Waals surface area (Å²) in [6, 6.07) is 8.37. The van der Waals surface area contributed by atoms with Gasteiger partial charge in [-0.2, -0.15) is 0 Å². The van der Waals surface area contributed by atoms with Crippen molar-refractivity contribution in [3.63, 3.8) is 0 Å². The maximum atomic E-state index is 9.02. The van der Waals surface area contributed by atoms with Crippen LogP contribution in [0.25, 0.3) is 0 Å².